The van der Waals surface area contributed by atoms with Gasteiger partial charge in [-0.25, -0.2) is 8.78 Å². The van der Waals surface area contributed by atoms with Gasteiger partial charge in [0.15, 0.2) is 5.82 Å². The van der Waals surface area contributed by atoms with Crippen LogP contribution in [0.4, 0.5) is 8.78 Å². The van der Waals surface area contributed by atoms with E-state index in [1.165, 1.54) is 17.4 Å². The number of aromatic nitrogens is 4. The van der Waals surface area contributed by atoms with Gasteiger partial charge in [-0.1, -0.05) is 36.4 Å². The van der Waals surface area contributed by atoms with Gasteiger partial charge in [0, 0.05) is 12.6 Å². The Balaban J connectivity index is 1.67. The van der Waals surface area contributed by atoms with Crippen LogP contribution in [0.5, 0.6) is 0 Å². The molecule has 28 heavy (non-hydrogen) atoms. The Morgan fingerprint density at radius 1 is 1.21 bits per heavy atom. The van der Waals surface area contributed by atoms with Crippen molar-refractivity contribution in [3.8, 4) is 0 Å². The highest BCUT2D eigenvalue weighted by molar-refractivity contribution is 5.94. The molecular weight excluding hydrogens is 364 g/mol. The molecule has 2 aromatic heterocycles. The molecule has 144 valence electrons. The molecule has 0 radical (unpaired) electrons. The number of likely N-dealkylation sites (tertiary alicyclic amines) is 1. The van der Waals surface area contributed by atoms with Crippen LogP contribution in [0.3, 0.4) is 0 Å². The lowest BCUT2D eigenvalue weighted by Crippen LogP contribution is -2.35. The SMILES string of the molecule is Cc1cccnc1C(=O)N1CC(F)(F)C[C@H]1c1nncn1Cc1ccccc1. The highest BCUT2D eigenvalue weighted by Crippen LogP contribution is 2.41. The topological polar surface area (TPSA) is 63.9 Å². The third-order valence-corrected chi connectivity index (χ3v) is 4.88. The van der Waals surface area contributed by atoms with Gasteiger partial charge in [-0.15, -0.1) is 10.2 Å². The number of pyridine rings is 1. The molecule has 3 aromatic rings. The van der Waals surface area contributed by atoms with Gasteiger partial charge >= 0.3 is 0 Å². The summed E-state index contributed by atoms with van der Waals surface area (Å²) in [5.41, 5.74) is 1.82. The summed E-state index contributed by atoms with van der Waals surface area (Å²) in [6.07, 6.45) is 2.51. The van der Waals surface area contributed by atoms with Gasteiger partial charge in [-0.3, -0.25) is 9.78 Å². The molecule has 0 spiro atoms. The van der Waals surface area contributed by atoms with Crippen LogP contribution >= 0.6 is 0 Å². The Morgan fingerprint density at radius 3 is 2.75 bits per heavy atom. The second kappa shape index (κ2) is 7.10. The van der Waals surface area contributed by atoms with Crippen LogP contribution in [0, 0.1) is 6.92 Å². The summed E-state index contributed by atoms with van der Waals surface area (Å²) in [5, 5.41) is 7.98. The van der Waals surface area contributed by atoms with Crippen molar-refractivity contribution < 1.29 is 13.6 Å². The number of carbonyl (C=O) groups is 1. The average Bonchev–Trinajstić information content (AvgIpc) is 3.25. The standard InChI is InChI=1S/C20H19F2N5O/c1-14-6-5-9-23-17(14)19(28)27-12-20(21,22)10-16(27)18-25-24-13-26(18)11-15-7-3-2-4-8-15/h2-9,13,16H,10-12H2,1H3/t16-/m0/s1. The minimum Gasteiger partial charge on any atom is -0.321 e. The molecule has 1 aliphatic rings. The number of halogens is 2. The van der Waals surface area contributed by atoms with Gasteiger partial charge < -0.3 is 9.47 Å². The molecule has 1 atom stereocenters. The lowest BCUT2D eigenvalue weighted by molar-refractivity contribution is 0.0116. The summed E-state index contributed by atoms with van der Waals surface area (Å²) in [6, 6.07) is 12.2. The maximum atomic E-state index is 14.3. The second-order valence-electron chi connectivity index (χ2n) is 6.98. The van der Waals surface area contributed by atoms with E-state index in [9.17, 15) is 13.6 Å². The number of carbonyl (C=O) groups excluding carboxylic acids is 1. The summed E-state index contributed by atoms with van der Waals surface area (Å²) >= 11 is 0. The number of rotatable bonds is 4. The molecule has 1 aliphatic heterocycles. The van der Waals surface area contributed by atoms with Crippen LogP contribution in [-0.4, -0.2) is 43.0 Å². The first kappa shape index (κ1) is 18.2. The molecule has 0 N–H and O–H groups in total. The zero-order chi connectivity index (χ0) is 19.7. The van der Waals surface area contributed by atoms with Crippen LogP contribution in [0.2, 0.25) is 0 Å². The highest BCUT2D eigenvalue weighted by Gasteiger charge is 2.49. The van der Waals surface area contributed by atoms with Crippen molar-refractivity contribution in [2.24, 2.45) is 0 Å². The van der Waals surface area contributed by atoms with Crippen molar-refractivity contribution in [1.29, 1.82) is 0 Å². The Kier molecular flexibility index (Phi) is 4.62. The van der Waals surface area contributed by atoms with E-state index in [2.05, 4.69) is 15.2 Å². The molecule has 0 saturated carbocycles. The van der Waals surface area contributed by atoms with E-state index in [1.807, 2.05) is 30.3 Å². The van der Waals surface area contributed by atoms with Gasteiger partial charge in [-0.05, 0) is 24.1 Å². The Labute approximate surface area is 160 Å². The van der Waals surface area contributed by atoms with Crippen LogP contribution in [0.15, 0.2) is 55.0 Å². The second-order valence-corrected chi connectivity index (χ2v) is 6.98. The molecule has 0 bridgehead atoms. The summed E-state index contributed by atoms with van der Waals surface area (Å²) < 4.78 is 30.3. The first-order valence-corrected chi connectivity index (χ1v) is 8.97. The van der Waals surface area contributed by atoms with Gasteiger partial charge in [0.1, 0.15) is 12.0 Å². The number of hydrogen-bond acceptors (Lipinski definition) is 4. The molecule has 1 aromatic carbocycles. The Hall–Kier alpha value is -3.16. The molecule has 1 saturated heterocycles. The molecular formula is C20H19F2N5O. The summed E-state index contributed by atoms with van der Waals surface area (Å²) in [4.78, 5) is 18.3. The first-order chi connectivity index (χ1) is 13.4. The fourth-order valence-corrected chi connectivity index (χ4v) is 3.53. The molecule has 3 heterocycles. The van der Waals surface area contributed by atoms with E-state index >= 15 is 0 Å². The minimum absolute atomic E-state index is 0.180. The predicted octanol–water partition coefficient (Wildman–Crippen LogP) is 3.25. The molecule has 6 nitrogen and oxygen atoms in total. The number of benzene rings is 1. The number of amides is 1. The predicted molar refractivity (Wildman–Crippen MR) is 97.9 cm³/mol. The number of aryl methyl sites for hydroxylation is 1. The lowest BCUT2D eigenvalue weighted by atomic mass is 10.1. The van der Waals surface area contributed by atoms with Crippen LogP contribution in [0.25, 0.3) is 0 Å². The molecule has 4 rings (SSSR count). The van der Waals surface area contributed by atoms with Crippen molar-refractivity contribution in [2.45, 2.75) is 31.9 Å². The average molecular weight is 383 g/mol. The molecule has 8 heteroatoms. The van der Waals surface area contributed by atoms with E-state index in [0.29, 0.717) is 17.9 Å². The summed E-state index contributed by atoms with van der Waals surface area (Å²) in [7, 11) is 0. The van der Waals surface area contributed by atoms with Crippen molar-refractivity contribution in [3.63, 3.8) is 0 Å². The fourth-order valence-electron chi connectivity index (χ4n) is 3.53. The third kappa shape index (κ3) is 3.49. The van der Waals surface area contributed by atoms with E-state index < -0.39 is 30.8 Å². The Bertz CT molecular complexity index is 989. The largest absolute Gasteiger partial charge is 0.321 e. The van der Waals surface area contributed by atoms with E-state index in [0.717, 1.165) is 5.56 Å². The smallest absolute Gasteiger partial charge is 0.273 e. The number of hydrogen-bond donors (Lipinski definition) is 0. The Morgan fingerprint density at radius 2 is 2.00 bits per heavy atom. The monoisotopic (exact) mass is 383 g/mol. The minimum atomic E-state index is -2.99. The van der Waals surface area contributed by atoms with Gasteiger partial charge in [0.25, 0.3) is 11.8 Å². The summed E-state index contributed by atoms with van der Waals surface area (Å²) in [6.45, 7) is 1.52. The van der Waals surface area contributed by atoms with Crippen LogP contribution < -0.4 is 0 Å². The third-order valence-electron chi connectivity index (χ3n) is 4.88. The van der Waals surface area contributed by atoms with Crippen LogP contribution in [0.1, 0.15) is 39.9 Å². The van der Waals surface area contributed by atoms with Crippen molar-refractivity contribution in [2.75, 3.05) is 6.54 Å². The van der Waals surface area contributed by atoms with Gasteiger partial charge in [0.2, 0.25) is 0 Å². The van der Waals surface area contributed by atoms with E-state index in [-0.39, 0.29) is 5.69 Å². The van der Waals surface area contributed by atoms with Crippen LogP contribution in [-0.2, 0) is 6.54 Å². The van der Waals surface area contributed by atoms with E-state index in [1.54, 1.807) is 23.6 Å². The van der Waals surface area contributed by atoms with Crippen molar-refractivity contribution >= 4 is 5.91 Å². The normalized spacial score (nSPS) is 18.4. The fraction of sp³-hybridized carbons (Fsp3) is 0.300. The van der Waals surface area contributed by atoms with Crippen molar-refractivity contribution in [1.82, 2.24) is 24.6 Å². The first-order valence-electron chi connectivity index (χ1n) is 8.97. The quantitative estimate of drug-likeness (QED) is 0.694. The number of alkyl halides is 2. The maximum absolute atomic E-state index is 14.3. The van der Waals surface area contributed by atoms with Gasteiger partial charge in [-0.2, -0.15) is 0 Å². The molecule has 1 amide bonds. The zero-order valence-corrected chi connectivity index (χ0v) is 15.3. The zero-order valence-electron chi connectivity index (χ0n) is 15.3. The summed E-state index contributed by atoms with van der Waals surface area (Å²) in [5.74, 6) is -3.16. The molecule has 1 fully saturated rings. The molecule has 0 aliphatic carbocycles. The van der Waals surface area contributed by atoms with Crippen molar-refractivity contribution in [3.05, 3.63) is 77.6 Å². The lowest BCUT2D eigenvalue weighted by Gasteiger charge is -2.24. The highest BCUT2D eigenvalue weighted by atomic mass is 19.3. The molecule has 0 unspecified atom stereocenters. The maximum Gasteiger partial charge on any atom is 0.273 e. The van der Waals surface area contributed by atoms with Gasteiger partial charge in [0.05, 0.1) is 19.1 Å². The van der Waals surface area contributed by atoms with E-state index in [4.69, 9.17) is 0 Å². The number of nitrogens with zero attached hydrogens (tertiary/aromatic N) is 5.